The maximum Gasteiger partial charge on any atom is 0.311 e. The van der Waals surface area contributed by atoms with Gasteiger partial charge in [-0.1, -0.05) is 17.7 Å². The van der Waals surface area contributed by atoms with Gasteiger partial charge in [0.2, 0.25) is 5.82 Å². The SMILES string of the molecule is Nc1nc(Nc2c(F)cccc2Cl)ccc1[N+](=O)[O-]. The van der Waals surface area contributed by atoms with Crippen LogP contribution in [0.3, 0.4) is 0 Å². The Labute approximate surface area is 112 Å². The number of halogens is 2. The number of hydrogen-bond donors (Lipinski definition) is 2. The molecular weight excluding hydrogens is 275 g/mol. The maximum atomic E-state index is 13.5. The van der Waals surface area contributed by atoms with Crippen molar-refractivity contribution < 1.29 is 9.31 Å². The second-order valence-corrected chi connectivity index (χ2v) is 3.99. The normalized spacial score (nSPS) is 10.2. The van der Waals surface area contributed by atoms with Crippen LogP contribution in [0.15, 0.2) is 30.3 Å². The minimum atomic E-state index is -0.651. The summed E-state index contributed by atoms with van der Waals surface area (Å²) in [6, 6.07) is 6.68. The van der Waals surface area contributed by atoms with Crippen molar-refractivity contribution in [2.24, 2.45) is 0 Å². The number of nitrogens with one attached hydrogen (secondary N) is 1. The maximum absolute atomic E-state index is 13.5. The van der Waals surface area contributed by atoms with Gasteiger partial charge in [-0.15, -0.1) is 0 Å². The molecule has 98 valence electrons. The fourth-order valence-corrected chi connectivity index (χ4v) is 1.65. The van der Waals surface area contributed by atoms with E-state index in [0.29, 0.717) is 0 Å². The first-order chi connectivity index (χ1) is 8.99. The second kappa shape index (κ2) is 5.07. The Bertz CT molecular complexity index is 630. The van der Waals surface area contributed by atoms with Crippen LogP contribution >= 0.6 is 11.6 Å². The second-order valence-electron chi connectivity index (χ2n) is 3.58. The van der Waals surface area contributed by atoms with E-state index in [2.05, 4.69) is 10.3 Å². The van der Waals surface area contributed by atoms with Crippen LogP contribution in [0, 0.1) is 15.9 Å². The molecule has 2 rings (SSSR count). The molecule has 2 aromatic rings. The molecule has 0 aliphatic rings. The molecule has 1 heterocycles. The first-order valence-corrected chi connectivity index (χ1v) is 5.49. The number of nitro groups is 1. The lowest BCUT2D eigenvalue weighted by Crippen LogP contribution is -2.02. The number of nitrogens with two attached hydrogens (primary N) is 1. The molecule has 19 heavy (non-hydrogen) atoms. The van der Waals surface area contributed by atoms with Crippen LogP contribution < -0.4 is 11.1 Å². The molecule has 0 fully saturated rings. The van der Waals surface area contributed by atoms with Gasteiger partial charge in [0.25, 0.3) is 0 Å². The van der Waals surface area contributed by atoms with Gasteiger partial charge in [-0.25, -0.2) is 9.37 Å². The van der Waals surface area contributed by atoms with E-state index in [-0.39, 0.29) is 28.0 Å². The number of nitrogen functional groups attached to an aromatic ring is 1. The predicted molar refractivity (Wildman–Crippen MR) is 70.0 cm³/mol. The van der Waals surface area contributed by atoms with Crippen LogP contribution in [0.2, 0.25) is 5.02 Å². The topological polar surface area (TPSA) is 94.1 Å². The third kappa shape index (κ3) is 2.71. The molecule has 0 saturated heterocycles. The summed E-state index contributed by atoms with van der Waals surface area (Å²) in [5.41, 5.74) is 5.15. The van der Waals surface area contributed by atoms with Crippen molar-refractivity contribution >= 4 is 34.6 Å². The highest BCUT2D eigenvalue weighted by atomic mass is 35.5. The van der Waals surface area contributed by atoms with E-state index in [1.165, 1.54) is 30.3 Å². The zero-order valence-electron chi connectivity index (χ0n) is 9.43. The van der Waals surface area contributed by atoms with E-state index in [1.807, 2.05) is 0 Å². The van der Waals surface area contributed by atoms with Gasteiger partial charge in [-0.2, -0.15) is 0 Å². The minimum absolute atomic E-state index is 0.0323. The summed E-state index contributed by atoms with van der Waals surface area (Å²) >= 11 is 5.83. The van der Waals surface area contributed by atoms with Gasteiger partial charge in [0.05, 0.1) is 15.6 Å². The summed E-state index contributed by atoms with van der Waals surface area (Å²) in [5.74, 6) is -0.663. The molecule has 0 amide bonds. The Balaban J connectivity index is 2.34. The van der Waals surface area contributed by atoms with E-state index in [4.69, 9.17) is 17.3 Å². The molecule has 0 unspecified atom stereocenters. The first-order valence-electron chi connectivity index (χ1n) is 5.11. The third-order valence-electron chi connectivity index (χ3n) is 2.31. The number of anilines is 3. The van der Waals surface area contributed by atoms with Gasteiger partial charge in [0.1, 0.15) is 11.6 Å². The lowest BCUT2D eigenvalue weighted by atomic mass is 10.3. The van der Waals surface area contributed by atoms with Crippen LogP contribution in [0.5, 0.6) is 0 Å². The standard InChI is InChI=1S/C11H8ClFN4O2/c12-6-2-1-3-7(13)10(6)15-9-5-4-8(17(18)19)11(14)16-9/h1-5H,(H3,14,15,16). The van der Waals surface area contributed by atoms with Gasteiger partial charge in [-0.3, -0.25) is 10.1 Å². The molecule has 0 spiro atoms. The van der Waals surface area contributed by atoms with Gasteiger partial charge >= 0.3 is 5.69 Å². The quantitative estimate of drug-likeness (QED) is 0.666. The van der Waals surface area contributed by atoms with Crippen molar-refractivity contribution in [2.45, 2.75) is 0 Å². The Kier molecular flexibility index (Phi) is 3.48. The molecular formula is C11H8ClFN4O2. The molecule has 1 aromatic heterocycles. The number of aromatic nitrogens is 1. The highest BCUT2D eigenvalue weighted by Gasteiger charge is 2.14. The van der Waals surface area contributed by atoms with E-state index >= 15 is 0 Å². The summed E-state index contributed by atoms with van der Waals surface area (Å²) in [7, 11) is 0. The molecule has 0 aliphatic carbocycles. The lowest BCUT2D eigenvalue weighted by molar-refractivity contribution is -0.384. The van der Waals surface area contributed by atoms with Crippen molar-refractivity contribution in [2.75, 3.05) is 11.1 Å². The predicted octanol–water partition coefficient (Wildman–Crippen LogP) is 3.11. The number of rotatable bonds is 3. The Morgan fingerprint density at radius 2 is 2.11 bits per heavy atom. The van der Waals surface area contributed by atoms with Crippen molar-refractivity contribution in [1.29, 1.82) is 0 Å². The zero-order valence-corrected chi connectivity index (χ0v) is 10.2. The van der Waals surface area contributed by atoms with Gasteiger partial charge in [-0.05, 0) is 18.2 Å². The van der Waals surface area contributed by atoms with Crippen LogP contribution in [0.4, 0.5) is 27.4 Å². The number of hydrogen-bond acceptors (Lipinski definition) is 5. The summed E-state index contributed by atoms with van der Waals surface area (Å²) in [6.07, 6.45) is 0. The molecule has 0 radical (unpaired) electrons. The summed E-state index contributed by atoms with van der Waals surface area (Å²) in [4.78, 5) is 13.7. The average molecular weight is 283 g/mol. The van der Waals surface area contributed by atoms with E-state index in [9.17, 15) is 14.5 Å². The highest BCUT2D eigenvalue weighted by Crippen LogP contribution is 2.29. The molecule has 1 aromatic carbocycles. The van der Waals surface area contributed by atoms with Crippen LogP contribution in [0.1, 0.15) is 0 Å². The summed E-state index contributed by atoms with van der Waals surface area (Å²) < 4.78 is 13.5. The molecule has 0 aliphatic heterocycles. The number of benzene rings is 1. The molecule has 0 atom stereocenters. The molecule has 8 heteroatoms. The van der Waals surface area contributed by atoms with Crippen LogP contribution in [0.25, 0.3) is 0 Å². The highest BCUT2D eigenvalue weighted by molar-refractivity contribution is 6.33. The first kappa shape index (κ1) is 13.0. The van der Waals surface area contributed by atoms with Gasteiger partial charge < -0.3 is 11.1 Å². The fraction of sp³-hybridized carbons (Fsp3) is 0. The van der Waals surface area contributed by atoms with E-state index in [0.717, 1.165) is 0 Å². The van der Waals surface area contributed by atoms with Crippen LogP contribution in [-0.4, -0.2) is 9.91 Å². The van der Waals surface area contributed by atoms with Crippen molar-refractivity contribution in [3.8, 4) is 0 Å². The third-order valence-corrected chi connectivity index (χ3v) is 2.63. The summed E-state index contributed by atoms with van der Waals surface area (Å²) in [5, 5.41) is 13.4. The number of pyridine rings is 1. The van der Waals surface area contributed by atoms with Gasteiger partial charge in [0, 0.05) is 6.07 Å². The molecule has 0 saturated carbocycles. The summed E-state index contributed by atoms with van der Waals surface area (Å²) in [6.45, 7) is 0. The molecule has 6 nitrogen and oxygen atoms in total. The Morgan fingerprint density at radius 3 is 2.68 bits per heavy atom. The van der Waals surface area contributed by atoms with Crippen molar-refractivity contribution in [3.05, 3.63) is 51.3 Å². The largest absolute Gasteiger partial charge is 0.378 e. The Hall–Kier alpha value is -2.41. The lowest BCUT2D eigenvalue weighted by Gasteiger charge is -2.09. The minimum Gasteiger partial charge on any atom is -0.378 e. The molecule has 3 N–H and O–H groups in total. The monoisotopic (exact) mass is 282 g/mol. The fourth-order valence-electron chi connectivity index (χ4n) is 1.44. The zero-order chi connectivity index (χ0) is 14.0. The van der Waals surface area contributed by atoms with E-state index in [1.54, 1.807) is 0 Å². The van der Waals surface area contributed by atoms with Crippen molar-refractivity contribution in [3.63, 3.8) is 0 Å². The Morgan fingerprint density at radius 1 is 1.37 bits per heavy atom. The molecule has 0 bridgehead atoms. The average Bonchev–Trinajstić information content (AvgIpc) is 2.33. The smallest absolute Gasteiger partial charge is 0.311 e. The van der Waals surface area contributed by atoms with Gasteiger partial charge in [0.15, 0.2) is 0 Å². The number of nitrogens with zero attached hydrogens (tertiary/aromatic N) is 2. The van der Waals surface area contributed by atoms with Crippen molar-refractivity contribution in [1.82, 2.24) is 4.98 Å². The van der Waals surface area contributed by atoms with E-state index < -0.39 is 10.7 Å². The number of para-hydroxylation sites is 1. The van der Waals surface area contributed by atoms with Crippen LogP contribution in [-0.2, 0) is 0 Å².